The highest BCUT2D eigenvalue weighted by Gasteiger charge is 2.24. The van der Waals surface area contributed by atoms with E-state index in [9.17, 15) is 5.11 Å². The van der Waals surface area contributed by atoms with E-state index in [1.54, 1.807) is 0 Å². The summed E-state index contributed by atoms with van der Waals surface area (Å²) in [4.78, 5) is 6.87. The fourth-order valence-electron chi connectivity index (χ4n) is 2.30. The van der Waals surface area contributed by atoms with Gasteiger partial charge in [-0.1, -0.05) is 13.0 Å². The molecule has 2 heterocycles. The topological polar surface area (TPSA) is 48.4 Å². The summed E-state index contributed by atoms with van der Waals surface area (Å²) in [5.41, 5.74) is 1.08. The van der Waals surface area contributed by atoms with E-state index in [1.807, 2.05) is 19.2 Å². The molecule has 0 amide bonds. The maximum atomic E-state index is 9.69. The summed E-state index contributed by atoms with van der Waals surface area (Å²) in [7, 11) is 1.88. The summed E-state index contributed by atoms with van der Waals surface area (Å²) in [5.74, 6) is 1.27. The van der Waals surface area contributed by atoms with Crippen molar-refractivity contribution >= 4 is 5.82 Å². The Morgan fingerprint density at radius 3 is 3.06 bits per heavy atom. The molecule has 2 N–H and O–H groups in total. The number of nitrogens with one attached hydrogen (secondary N) is 1. The van der Waals surface area contributed by atoms with Crippen LogP contribution >= 0.6 is 0 Å². The van der Waals surface area contributed by atoms with E-state index in [2.05, 4.69) is 28.2 Å². The number of piperidine rings is 1. The third-order valence-corrected chi connectivity index (χ3v) is 3.39. The first-order valence-corrected chi connectivity index (χ1v) is 6.23. The van der Waals surface area contributed by atoms with Gasteiger partial charge in [0.05, 0.1) is 11.8 Å². The molecule has 94 valence electrons. The molecule has 0 aliphatic carbocycles. The number of anilines is 1. The summed E-state index contributed by atoms with van der Waals surface area (Å²) < 4.78 is 0. The Morgan fingerprint density at radius 1 is 1.53 bits per heavy atom. The second-order valence-electron chi connectivity index (χ2n) is 4.83. The lowest BCUT2D eigenvalue weighted by molar-refractivity contribution is 0.0316. The minimum atomic E-state index is -0.136. The zero-order valence-corrected chi connectivity index (χ0v) is 10.6. The molecule has 2 unspecified atom stereocenters. The molecule has 1 saturated heterocycles. The second kappa shape index (κ2) is 5.47. The van der Waals surface area contributed by atoms with Crippen LogP contribution in [0.15, 0.2) is 18.2 Å². The first-order valence-electron chi connectivity index (χ1n) is 6.23. The predicted octanol–water partition coefficient (Wildman–Crippen LogP) is 1.33. The number of hydrogen-bond acceptors (Lipinski definition) is 4. The van der Waals surface area contributed by atoms with Crippen LogP contribution in [0.4, 0.5) is 5.82 Å². The van der Waals surface area contributed by atoms with Gasteiger partial charge in [-0.3, -0.25) is 4.90 Å². The Morgan fingerprint density at radius 2 is 2.35 bits per heavy atom. The minimum absolute atomic E-state index is 0.136. The van der Waals surface area contributed by atoms with E-state index in [-0.39, 0.29) is 6.10 Å². The number of aromatic nitrogens is 1. The van der Waals surface area contributed by atoms with E-state index < -0.39 is 0 Å². The lowest BCUT2D eigenvalue weighted by atomic mass is 9.97. The molecule has 4 nitrogen and oxygen atoms in total. The van der Waals surface area contributed by atoms with E-state index in [0.29, 0.717) is 5.92 Å². The van der Waals surface area contributed by atoms with Gasteiger partial charge in [0.2, 0.25) is 0 Å². The van der Waals surface area contributed by atoms with Gasteiger partial charge >= 0.3 is 0 Å². The van der Waals surface area contributed by atoms with E-state index in [4.69, 9.17) is 0 Å². The molecule has 1 fully saturated rings. The number of hydrogen-bond donors (Lipinski definition) is 2. The van der Waals surface area contributed by atoms with Gasteiger partial charge in [-0.2, -0.15) is 0 Å². The number of likely N-dealkylation sites (tertiary alicyclic amines) is 1. The number of aliphatic hydroxyl groups excluding tert-OH is 1. The summed E-state index contributed by atoms with van der Waals surface area (Å²) in [6, 6.07) is 6.04. The predicted molar refractivity (Wildman–Crippen MR) is 68.8 cm³/mol. The van der Waals surface area contributed by atoms with Crippen molar-refractivity contribution in [3.8, 4) is 0 Å². The van der Waals surface area contributed by atoms with Crippen LogP contribution in [0, 0.1) is 5.92 Å². The Balaban J connectivity index is 1.96. The molecule has 0 aromatic carbocycles. The number of rotatable bonds is 3. The fraction of sp³-hybridized carbons (Fsp3) is 0.615. The first kappa shape index (κ1) is 12.3. The number of aliphatic hydroxyl groups is 1. The first-order chi connectivity index (χ1) is 8.19. The van der Waals surface area contributed by atoms with Crippen LogP contribution in [0.5, 0.6) is 0 Å². The third-order valence-electron chi connectivity index (χ3n) is 3.39. The lowest BCUT2D eigenvalue weighted by Gasteiger charge is -2.34. The average molecular weight is 235 g/mol. The standard InChI is InChI=1S/C13H21N3O/c1-10-8-16(7-6-12(10)17)9-11-4-3-5-13(14-2)15-11/h3-5,10,12,17H,6-9H2,1-2H3,(H,14,15). The Hall–Kier alpha value is -1.13. The lowest BCUT2D eigenvalue weighted by Crippen LogP contribution is -2.41. The van der Waals surface area contributed by atoms with Crippen molar-refractivity contribution in [2.75, 3.05) is 25.5 Å². The molecule has 17 heavy (non-hydrogen) atoms. The molecule has 2 atom stereocenters. The summed E-state index contributed by atoms with van der Waals surface area (Å²) in [6.45, 7) is 4.88. The van der Waals surface area contributed by atoms with Crippen LogP contribution in [0.2, 0.25) is 0 Å². The quantitative estimate of drug-likeness (QED) is 0.829. The molecule has 1 aromatic rings. The minimum Gasteiger partial charge on any atom is -0.393 e. The van der Waals surface area contributed by atoms with Gasteiger partial charge in [-0.25, -0.2) is 4.98 Å². The van der Waals surface area contributed by atoms with E-state index in [1.165, 1.54) is 0 Å². The maximum absolute atomic E-state index is 9.69. The number of nitrogens with zero attached hydrogens (tertiary/aromatic N) is 2. The summed E-state index contributed by atoms with van der Waals surface area (Å²) in [6.07, 6.45) is 0.732. The highest BCUT2D eigenvalue weighted by atomic mass is 16.3. The van der Waals surface area contributed by atoms with Gasteiger partial charge in [-0.15, -0.1) is 0 Å². The third kappa shape index (κ3) is 3.17. The van der Waals surface area contributed by atoms with Gasteiger partial charge in [0.15, 0.2) is 0 Å². The molecule has 0 saturated carbocycles. The normalized spacial score (nSPS) is 25.8. The smallest absolute Gasteiger partial charge is 0.126 e. The van der Waals surface area contributed by atoms with Crippen molar-refractivity contribution in [3.05, 3.63) is 23.9 Å². The average Bonchev–Trinajstić information content (AvgIpc) is 2.34. The van der Waals surface area contributed by atoms with E-state index >= 15 is 0 Å². The van der Waals surface area contributed by atoms with Crippen LogP contribution in [0.25, 0.3) is 0 Å². The highest BCUT2D eigenvalue weighted by molar-refractivity contribution is 5.34. The maximum Gasteiger partial charge on any atom is 0.126 e. The second-order valence-corrected chi connectivity index (χ2v) is 4.83. The molecule has 1 aliphatic rings. The van der Waals surface area contributed by atoms with Crippen LogP contribution in [-0.2, 0) is 6.54 Å². The SMILES string of the molecule is CNc1cccc(CN2CCC(O)C(C)C2)n1. The van der Waals surface area contributed by atoms with Gasteiger partial charge in [0.1, 0.15) is 5.82 Å². The van der Waals surface area contributed by atoms with Gasteiger partial charge in [-0.05, 0) is 24.5 Å². The summed E-state index contributed by atoms with van der Waals surface area (Å²) >= 11 is 0. The molecule has 0 spiro atoms. The largest absolute Gasteiger partial charge is 0.393 e. The van der Waals surface area contributed by atoms with E-state index in [0.717, 1.165) is 37.6 Å². The fourth-order valence-corrected chi connectivity index (χ4v) is 2.30. The zero-order chi connectivity index (χ0) is 12.3. The molecule has 0 radical (unpaired) electrons. The van der Waals surface area contributed by atoms with Crippen LogP contribution in [0.1, 0.15) is 19.0 Å². The Kier molecular flexibility index (Phi) is 3.97. The van der Waals surface area contributed by atoms with Crippen molar-refractivity contribution in [3.63, 3.8) is 0 Å². The molecule has 4 heteroatoms. The van der Waals surface area contributed by atoms with Gasteiger partial charge in [0, 0.05) is 26.7 Å². The van der Waals surface area contributed by atoms with Gasteiger partial charge < -0.3 is 10.4 Å². The Labute approximate surface area is 103 Å². The molecule has 2 rings (SSSR count). The van der Waals surface area contributed by atoms with Crippen molar-refractivity contribution in [1.82, 2.24) is 9.88 Å². The highest BCUT2D eigenvalue weighted by Crippen LogP contribution is 2.18. The van der Waals surface area contributed by atoms with Gasteiger partial charge in [0.25, 0.3) is 0 Å². The number of pyridine rings is 1. The zero-order valence-electron chi connectivity index (χ0n) is 10.6. The molecule has 1 aliphatic heterocycles. The molecule has 1 aromatic heterocycles. The monoisotopic (exact) mass is 235 g/mol. The van der Waals surface area contributed by atoms with Crippen molar-refractivity contribution in [2.24, 2.45) is 5.92 Å². The molecular weight excluding hydrogens is 214 g/mol. The Bertz CT molecular complexity index is 369. The van der Waals surface area contributed by atoms with Crippen molar-refractivity contribution in [2.45, 2.75) is 26.0 Å². The molecule has 0 bridgehead atoms. The van der Waals surface area contributed by atoms with Crippen molar-refractivity contribution in [1.29, 1.82) is 0 Å². The van der Waals surface area contributed by atoms with Crippen molar-refractivity contribution < 1.29 is 5.11 Å². The van der Waals surface area contributed by atoms with Crippen LogP contribution < -0.4 is 5.32 Å². The summed E-state index contributed by atoms with van der Waals surface area (Å²) in [5, 5.41) is 12.7. The molecular formula is C13H21N3O. The van der Waals surface area contributed by atoms with Crippen LogP contribution in [0.3, 0.4) is 0 Å². The van der Waals surface area contributed by atoms with Crippen LogP contribution in [-0.4, -0.2) is 41.2 Å².